The van der Waals surface area contributed by atoms with Crippen LogP contribution in [-0.4, -0.2) is 77.3 Å². The van der Waals surface area contributed by atoms with Crippen LogP contribution in [0.5, 0.6) is 0 Å². The number of benzene rings is 1. The fourth-order valence-electron chi connectivity index (χ4n) is 5.31. The number of amides is 2. The Hall–Kier alpha value is -1.93. The number of rotatable bonds is 4. The molecule has 164 valence electrons. The van der Waals surface area contributed by atoms with Gasteiger partial charge in [0.25, 0.3) is 5.91 Å². The zero-order valence-electron chi connectivity index (χ0n) is 18.2. The van der Waals surface area contributed by atoms with E-state index in [-0.39, 0.29) is 30.9 Å². The van der Waals surface area contributed by atoms with Crippen molar-refractivity contribution >= 4 is 21.8 Å². The fraction of sp³-hybridized carbons (Fsp3) is 0.636. The summed E-state index contributed by atoms with van der Waals surface area (Å²) in [4.78, 5) is 30.9. The quantitative estimate of drug-likeness (QED) is 0.728. The number of carbonyl (C=O) groups excluding carboxylic acids is 2. The molecule has 1 spiro atoms. The third-order valence-electron chi connectivity index (χ3n) is 6.78. The van der Waals surface area contributed by atoms with E-state index in [0.717, 1.165) is 31.5 Å². The van der Waals surface area contributed by atoms with E-state index in [1.54, 1.807) is 24.8 Å². The predicted octanol–water partition coefficient (Wildman–Crippen LogP) is 2.05. The fourth-order valence-corrected chi connectivity index (χ4v) is 6.72. The summed E-state index contributed by atoms with van der Waals surface area (Å²) in [6, 6.07) is 7.18. The molecule has 0 saturated carbocycles. The number of nitrogens with zero attached hydrogens (tertiary/aromatic N) is 3. The molecule has 0 N–H and O–H groups in total. The molecule has 7 nitrogen and oxygen atoms in total. The molecule has 3 heterocycles. The SMILES string of the molecule is CC(C)N1C(=O)c2ccccc2C(C(=O)N2CCCC2)C12CN(S(=O)(=O)C(C)C)C2. The maximum absolute atomic E-state index is 13.8. The highest BCUT2D eigenvalue weighted by atomic mass is 32.2. The topological polar surface area (TPSA) is 78.0 Å². The van der Waals surface area contributed by atoms with E-state index in [4.69, 9.17) is 0 Å². The minimum atomic E-state index is -3.46. The van der Waals surface area contributed by atoms with Gasteiger partial charge in [0.05, 0.1) is 16.7 Å². The summed E-state index contributed by atoms with van der Waals surface area (Å²) in [7, 11) is -3.46. The number of carbonyl (C=O) groups is 2. The number of hydrogen-bond donors (Lipinski definition) is 0. The van der Waals surface area contributed by atoms with Crippen LogP contribution in [-0.2, 0) is 14.8 Å². The van der Waals surface area contributed by atoms with E-state index in [1.165, 1.54) is 4.31 Å². The van der Waals surface area contributed by atoms with Crippen LogP contribution in [0.4, 0.5) is 0 Å². The Morgan fingerprint density at radius 1 is 1.07 bits per heavy atom. The number of fused-ring (bicyclic) bond motifs is 1. The lowest BCUT2D eigenvalue weighted by Crippen LogP contribution is -2.78. The van der Waals surface area contributed by atoms with E-state index in [1.807, 2.05) is 36.9 Å². The average Bonchev–Trinajstić information content (AvgIpc) is 3.19. The summed E-state index contributed by atoms with van der Waals surface area (Å²) in [6.07, 6.45) is 1.96. The summed E-state index contributed by atoms with van der Waals surface area (Å²) < 4.78 is 27.0. The van der Waals surface area contributed by atoms with Gasteiger partial charge in [0, 0.05) is 37.8 Å². The van der Waals surface area contributed by atoms with Gasteiger partial charge in [-0.3, -0.25) is 9.59 Å². The molecule has 1 unspecified atom stereocenters. The Balaban J connectivity index is 1.84. The van der Waals surface area contributed by atoms with Crippen LogP contribution in [0.2, 0.25) is 0 Å². The van der Waals surface area contributed by atoms with Crippen molar-refractivity contribution in [3.8, 4) is 0 Å². The second kappa shape index (κ2) is 7.34. The standard InChI is InChI=1S/C22H31N3O4S/c1-15(2)25-20(26)18-10-6-5-9-17(18)19(21(27)23-11-7-8-12-23)22(25)13-24(14-22)30(28,29)16(3)4/h5-6,9-10,15-16,19H,7-8,11-14H2,1-4H3. The first-order valence-corrected chi connectivity index (χ1v) is 12.3. The third-order valence-corrected chi connectivity index (χ3v) is 8.94. The molecule has 1 aromatic rings. The van der Waals surface area contributed by atoms with Gasteiger partial charge in [-0.05, 0) is 52.2 Å². The lowest BCUT2D eigenvalue weighted by Gasteiger charge is -2.61. The summed E-state index contributed by atoms with van der Waals surface area (Å²) in [5.41, 5.74) is 0.443. The van der Waals surface area contributed by atoms with Gasteiger partial charge < -0.3 is 9.80 Å². The van der Waals surface area contributed by atoms with Crippen molar-refractivity contribution in [1.82, 2.24) is 14.1 Å². The second-order valence-electron chi connectivity index (χ2n) is 9.29. The summed E-state index contributed by atoms with van der Waals surface area (Å²) in [5.74, 6) is -0.655. The van der Waals surface area contributed by atoms with Crippen molar-refractivity contribution in [3.05, 3.63) is 35.4 Å². The highest BCUT2D eigenvalue weighted by molar-refractivity contribution is 7.89. The Kier molecular flexibility index (Phi) is 5.21. The van der Waals surface area contributed by atoms with Crippen molar-refractivity contribution in [1.29, 1.82) is 0 Å². The molecule has 4 rings (SSSR count). The summed E-state index contributed by atoms with van der Waals surface area (Å²) in [5, 5.41) is -0.540. The minimum Gasteiger partial charge on any atom is -0.342 e. The first kappa shape index (κ1) is 21.3. The molecule has 0 radical (unpaired) electrons. The van der Waals surface area contributed by atoms with Crippen LogP contribution < -0.4 is 0 Å². The van der Waals surface area contributed by atoms with Crippen LogP contribution in [0, 0.1) is 0 Å². The normalized spacial score (nSPS) is 23.9. The maximum atomic E-state index is 13.8. The van der Waals surface area contributed by atoms with Gasteiger partial charge in [-0.25, -0.2) is 8.42 Å². The Morgan fingerprint density at radius 2 is 1.67 bits per heavy atom. The van der Waals surface area contributed by atoms with Crippen molar-refractivity contribution in [2.75, 3.05) is 26.2 Å². The first-order valence-electron chi connectivity index (χ1n) is 10.8. The predicted molar refractivity (Wildman–Crippen MR) is 115 cm³/mol. The molecule has 1 atom stereocenters. The second-order valence-corrected chi connectivity index (χ2v) is 11.8. The lowest BCUT2D eigenvalue weighted by atomic mass is 9.68. The van der Waals surface area contributed by atoms with Gasteiger partial charge in [0.15, 0.2) is 0 Å². The van der Waals surface area contributed by atoms with E-state index >= 15 is 0 Å². The van der Waals surface area contributed by atoms with Crippen LogP contribution in [0.3, 0.4) is 0 Å². The van der Waals surface area contributed by atoms with Crippen molar-refractivity contribution < 1.29 is 18.0 Å². The van der Waals surface area contributed by atoms with Gasteiger partial charge >= 0.3 is 0 Å². The molecule has 2 amide bonds. The lowest BCUT2D eigenvalue weighted by molar-refractivity contribution is -0.140. The molecule has 8 heteroatoms. The van der Waals surface area contributed by atoms with Gasteiger partial charge in [0.1, 0.15) is 0 Å². The van der Waals surface area contributed by atoms with Crippen molar-refractivity contribution in [2.24, 2.45) is 0 Å². The molecule has 1 aromatic carbocycles. The molecule has 0 aromatic heterocycles. The van der Waals surface area contributed by atoms with E-state index in [0.29, 0.717) is 5.56 Å². The maximum Gasteiger partial charge on any atom is 0.254 e. The van der Waals surface area contributed by atoms with Crippen LogP contribution in [0.25, 0.3) is 0 Å². The van der Waals surface area contributed by atoms with Crippen LogP contribution >= 0.6 is 0 Å². The smallest absolute Gasteiger partial charge is 0.254 e. The molecule has 0 aliphatic carbocycles. The zero-order valence-corrected chi connectivity index (χ0v) is 19.0. The minimum absolute atomic E-state index is 0.0136. The molecule has 30 heavy (non-hydrogen) atoms. The summed E-state index contributed by atoms with van der Waals surface area (Å²) >= 11 is 0. The highest BCUT2D eigenvalue weighted by Gasteiger charge is 2.64. The molecule has 0 bridgehead atoms. The first-order chi connectivity index (χ1) is 14.1. The Bertz CT molecular complexity index is 960. The molecule has 3 aliphatic rings. The van der Waals surface area contributed by atoms with Gasteiger partial charge in [0.2, 0.25) is 15.9 Å². The van der Waals surface area contributed by atoms with Gasteiger partial charge in [-0.15, -0.1) is 0 Å². The summed E-state index contributed by atoms with van der Waals surface area (Å²) in [6.45, 7) is 8.96. The van der Waals surface area contributed by atoms with Gasteiger partial charge in [-0.1, -0.05) is 18.2 Å². The average molecular weight is 434 g/mol. The number of hydrogen-bond acceptors (Lipinski definition) is 4. The monoisotopic (exact) mass is 433 g/mol. The Morgan fingerprint density at radius 3 is 2.23 bits per heavy atom. The highest BCUT2D eigenvalue weighted by Crippen LogP contribution is 2.49. The zero-order chi connectivity index (χ0) is 21.8. The van der Waals surface area contributed by atoms with Gasteiger partial charge in [-0.2, -0.15) is 4.31 Å². The Labute approximate surface area is 179 Å². The van der Waals surface area contributed by atoms with E-state index < -0.39 is 26.7 Å². The third kappa shape index (κ3) is 2.99. The molecular formula is C22H31N3O4S. The largest absolute Gasteiger partial charge is 0.342 e. The van der Waals surface area contributed by atoms with Crippen molar-refractivity contribution in [3.63, 3.8) is 0 Å². The molecule has 2 saturated heterocycles. The molecule has 3 aliphatic heterocycles. The van der Waals surface area contributed by atoms with Crippen LogP contribution in [0.15, 0.2) is 24.3 Å². The van der Waals surface area contributed by atoms with E-state index in [2.05, 4.69) is 0 Å². The van der Waals surface area contributed by atoms with E-state index in [9.17, 15) is 18.0 Å². The molecular weight excluding hydrogens is 402 g/mol. The van der Waals surface area contributed by atoms with Crippen LogP contribution in [0.1, 0.15) is 62.4 Å². The number of likely N-dealkylation sites (tertiary alicyclic amines) is 1. The molecule has 2 fully saturated rings. The number of sulfonamides is 1. The van der Waals surface area contributed by atoms with Crippen molar-refractivity contribution in [2.45, 2.75) is 63.3 Å².